The molecule has 0 saturated heterocycles. The van der Waals surface area contributed by atoms with E-state index in [-0.39, 0.29) is 23.6 Å². The molecule has 3 rings (SSSR count). The maximum atomic E-state index is 12.9. The van der Waals surface area contributed by atoms with Crippen LogP contribution in [0.15, 0.2) is 24.3 Å². The van der Waals surface area contributed by atoms with Crippen LogP contribution < -0.4 is 5.32 Å². The number of anilines is 1. The first-order valence-electron chi connectivity index (χ1n) is 6.56. The Morgan fingerprint density at radius 1 is 1.40 bits per heavy atom. The van der Waals surface area contributed by atoms with E-state index in [9.17, 15) is 9.18 Å². The van der Waals surface area contributed by atoms with Gasteiger partial charge in [-0.25, -0.2) is 4.39 Å². The molecule has 4 nitrogen and oxygen atoms in total. The van der Waals surface area contributed by atoms with Gasteiger partial charge in [-0.2, -0.15) is 0 Å². The molecule has 1 aliphatic carbocycles. The summed E-state index contributed by atoms with van der Waals surface area (Å²) in [7, 11) is 0. The SMILES string of the molecule is CCc1nnc(NC(=O)[C@H]2C[C@@H]2c2ccc(F)cc2)s1. The van der Waals surface area contributed by atoms with E-state index in [4.69, 9.17) is 0 Å². The van der Waals surface area contributed by atoms with Gasteiger partial charge in [-0.15, -0.1) is 10.2 Å². The van der Waals surface area contributed by atoms with Crippen LogP contribution in [0.2, 0.25) is 0 Å². The lowest BCUT2D eigenvalue weighted by Gasteiger charge is -2.01. The summed E-state index contributed by atoms with van der Waals surface area (Å²) in [6, 6.07) is 6.35. The summed E-state index contributed by atoms with van der Waals surface area (Å²) in [5.74, 6) is -0.141. The highest BCUT2D eigenvalue weighted by Crippen LogP contribution is 2.48. The van der Waals surface area contributed by atoms with Crippen LogP contribution in [0.3, 0.4) is 0 Å². The minimum Gasteiger partial charge on any atom is -0.300 e. The fourth-order valence-corrected chi connectivity index (χ4v) is 2.89. The summed E-state index contributed by atoms with van der Waals surface area (Å²) in [5, 5.41) is 12.2. The third-order valence-corrected chi connectivity index (χ3v) is 4.41. The van der Waals surface area contributed by atoms with E-state index in [1.807, 2.05) is 6.92 Å². The normalized spacial score (nSPS) is 20.7. The van der Waals surface area contributed by atoms with Crippen molar-refractivity contribution in [3.63, 3.8) is 0 Å². The van der Waals surface area contributed by atoms with Gasteiger partial charge in [0, 0.05) is 5.92 Å². The number of amides is 1. The molecule has 1 fully saturated rings. The molecule has 0 aliphatic heterocycles. The van der Waals surface area contributed by atoms with Crippen molar-refractivity contribution in [2.24, 2.45) is 5.92 Å². The van der Waals surface area contributed by atoms with Crippen LogP contribution >= 0.6 is 11.3 Å². The molecular formula is C14H14FN3OS. The molecule has 1 heterocycles. The summed E-state index contributed by atoms with van der Waals surface area (Å²) in [5.41, 5.74) is 1.01. The zero-order valence-corrected chi connectivity index (χ0v) is 11.8. The highest BCUT2D eigenvalue weighted by molar-refractivity contribution is 7.15. The first-order chi connectivity index (χ1) is 9.67. The van der Waals surface area contributed by atoms with Gasteiger partial charge in [0.1, 0.15) is 10.8 Å². The van der Waals surface area contributed by atoms with Crippen molar-refractivity contribution in [2.45, 2.75) is 25.7 Å². The number of rotatable bonds is 4. The van der Waals surface area contributed by atoms with Gasteiger partial charge in [0.2, 0.25) is 11.0 Å². The summed E-state index contributed by atoms with van der Waals surface area (Å²) >= 11 is 1.40. The van der Waals surface area contributed by atoms with Gasteiger partial charge >= 0.3 is 0 Å². The topological polar surface area (TPSA) is 54.9 Å². The summed E-state index contributed by atoms with van der Waals surface area (Å²) in [4.78, 5) is 12.1. The van der Waals surface area contributed by atoms with E-state index in [1.165, 1.54) is 23.5 Å². The number of nitrogens with one attached hydrogen (secondary N) is 1. The Morgan fingerprint density at radius 2 is 2.15 bits per heavy atom. The second kappa shape index (κ2) is 5.28. The smallest absolute Gasteiger partial charge is 0.229 e. The van der Waals surface area contributed by atoms with Gasteiger partial charge < -0.3 is 5.32 Å². The molecule has 0 spiro atoms. The zero-order valence-electron chi connectivity index (χ0n) is 11.0. The summed E-state index contributed by atoms with van der Waals surface area (Å²) in [6.45, 7) is 2.00. The zero-order chi connectivity index (χ0) is 14.1. The van der Waals surface area contributed by atoms with E-state index in [0.29, 0.717) is 5.13 Å². The Labute approximate surface area is 120 Å². The van der Waals surface area contributed by atoms with Crippen molar-refractivity contribution in [3.05, 3.63) is 40.7 Å². The molecule has 2 aromatic rings. The van der Waals surface area contributed by atoms with Crippen LogP contribution in [-0.2, 0) is 11.2 Å². The second-order valence-corrected chi connectivity index (χ2v) is 5.91. The number of aromatic nitrogens is 2. The second-order valence-electron chi connectivity index (χ2n) is 4.84. The van der Waals surface area contributed by atoms with Crippen molar-refractivity contribution in [3.8, 4) is 0 Å². The van der Waals surface area contributed by atoms with E-state index >= 15 is 0 Å². The van der Waals surface area contributed by atoms with E-state index in [2.05, 4.69) is 15.5 Å². The fraction of sp³-hybridized carbons (Fsp3) is 0.357. The van der Waals surface area contributed by atoms with Crippen LogP contribution in [0, 0.1) is 11.7 Å². The molecular weight excluding hydrogens is 277 g/mol. The number of hydrogen-bond donors (Lipinski definition) is 1. The van der Waals surface area contributed by atoms with Gasteiger partial charge in [-0.1, -0.05) is 30.4 Å². The fourth-order valence-electron chi connectivity index (χ4n) is 2.21. The van der Waals surface area contributed by atoms with Gasteiger partial charge in [-0.3, -0.25) is 4.79 Å². The Morgan fingerprint density at radius 3 is 2.80 bits per heavy atom. The lowest BCUT2D eigenvalue weighted by molar-refractivity contribution is -0.117. The Bertz CT molecular complexity index is 626. The largest absolute Gasteiger partial charge is 0.300 e. The monoisotopic (exact) mass is 291 g/mol. The Kier molecular flexibility index (Phi) is 3.48. The van der Waals surface area contributed by atoms with Gasteiger partial charge in [0.25, 0.3) is 0 Å². The predicted molar refractivity (Wildman–Crippen MR) is 75.2 cm³/mol. The molecule has 104 valence electrons. The molecule has 1 saturated carbocycles. The molecule has 1 aromatic carbocycles. The third kappa shape index (κ3) is 2.70. The molecule has 2 atom stereocenters. The molecule has 6 heteroatoms. The number of hydrogen-bond acceptors (Lipinski definition) is 4. The van der Waals surface area contributed by atoms with E-state index in [0.717, 1.165) is 23.4 Å². The highest BCUT2D eigenvalue weighted by Gasteiger charge is 2.44. The maximum absolute atomic E-state index is 12.9. The van der Waals surface area contributed by atoms with Crippen LogP contribution in [0.4, 0.5) is 9.52 Å². The molecule has 1 amide bonds. The van der Waals surface area contributed by atoms with Crippen molar-refractivity contribution >= 4 is 22.4 Å². The number of benzene rings is 1. The minimum absolute atomic E-state index is 0.0295. The lowest BCUT2D eigenvalue weighted by Crippen LogP contribution is -2.14. The van der Waals surface area contributed by atoms with Crippen LogP contribution in [0.25, 0.3) is 0 Å². The van der Waals surface area contributed by atoms with Crippen molar-refractivity contribution in [2.75, 3.05) is 5.32 Å². The molecule has 1 N–H and O–H groups in total. The summed E-state index contributed by atoms with van der Waals surface area (Å²) in [6.07, 6.45) is 1.62. The first-order valence-corrected chi connectivity index (χ1v) is 7.37. The number of halogens is 1. The number of carbonyl (C=O) groups is 1. The standard InChI is InChI=1S/C14H14FN3OS/c1-2-12-17-18-14(20-12)16-13(19)11-7-10(11)8-3-5-9(15)6-4-8/h3-6,10-11H,2,7H2,1H3,(H,16,18,19)/t10-,11+/m1/s1. The Hall–Kier alpha value is -1.82. The first kappa shape index (κ1) is 13.2. The molecule has 20 heavy (non-hydrogen) atoms. The van der Waals surface area contributed by atoms with Crippen molar-refractivity contribution < 1.29 is 9.18 Å². The quantitative estimate of drug-likeness (QED) is 0.942. The highest BCUT2D eigenvalue weighted by atomic mass is 32.1. The average molecular weight is 291 g/mol. The van der Waals surface area contributed by atoms with Crippen LogP contribution in [-0.4, -0.2) is 16.1 Å². The van der Waals surface area contributed by atoms with Crippen LogP contribution in [0.5, 0.6) is 0 Å². The molecule has 0 unspecified atom stereocenters. The minimum atomic E-state index is -0.253. The predicted octanol–water partition coefficient (Wildman–Crippen LogP) is 2.98. The third-order valence-electron chi connectivity index (χ3n) is 3.42. The number of aryl methyl sites for hydroxylation is 1. The molecule has 1 aromatic heterocycles. The Balaban J connectivity index is 1.61. The molecule has 0 bridgehead atoms. The van der Waals surface area contributed by atoms with Crippen LogP contribution in [0.1, 0.15) is 29.8 Å². The average Bonchev–Trinajstić information content (AvgIpc) is 3.13. The van der Waals surface area contributed by atoms with E-state index in [1.54, 1.807) is 12.1 Å². The molecule has 0 radical (unpaired) electrons. The number of carbonyl (C=O) groups excluding carboxylic acids is 1. The van der Waals surface area contributed by atoms with Crippen molar-refractivity contribution in [1.29, 1.82) is 0 Å². The van der Waals surface area contributed by atoms with Gasteiger partial charge in [0.05, 0.1) is 0 Å². The summed E-state index contributed by atoms with van der Waals surface area (Å²) < 4.78 is 12.9. The number of nitrogens with zero attached hydrogens (tertiary/aromatic N) is 2. The van der Waals surface area contributed by atoms with Gasteiger partial charge in [0.15, 0.2) is 0 Å². The van der Waals surface area contributed by atoms with Gasteiger partial charge in [-0.05, 0) is 36.5 Å². The maximum Gasteiger partial charge on any atom is 0.229 e. The van der Waals surface area contributed by atoms with Crippen molar-refractivity contribution in [1.82, 2.24) is 10.2 Å². The van der Waals surface area contributed by atoms with E-state index < -0.39 is 0 Å². The molecule has 1 aliphatic rings. The lowest BCUT2D eigenvalue weighted by atomic mass is 10.1.